The molecule has 1 aliphatic heterocycles. The van der Waals surface area contributed by atoms with E-state index in [2.05, 4.69) is 54.5 Å². The number of hydrogen-bond acceptors (Lipinski definition) is 5. The van der Waals surface area contributed by atoms with Gasteiger partial charge in [0.2, 0.25) is 0 Å². The third-order valence-electron chi connectivity index (χ3n) is 5.32. The van der Waals surface area contributed by atoms with Crippen molar-refractivity contribution in [2.24, 2.45) is 11.7 Å². The zero-order valence-corrected chi connectivity index (χ0v) is 18.1. The molecule has 2 N–H and O–H groups in total. The molecule has 1 atom stereocenters. The Morgan fingerprint density at radius 1 is 0.926 bits per heavy atom. The largest absolute Gasteiger partial charge is 0.497 e. The molecule has 1 fully saturated rings. The number of methoxy groups -OCH3 is 1. The third kappa shape index (κ3) is 7.78. The summed E-state index contributed by atoms with van der Waals surface area (Å²) < 4.78 is 5.44. The van der Waals surface area contributed by atoms with Crippen LogP contribution in [-0.4, -0.2) is 80.2 Å². The van der Waals surface area contributed by atoms with Gasteiger partial charge >= 0.3 is 0 Å². The van der Waals surface area contributed by atoms with Crippen LogP contribution >= 0.6 is 0 Å². The molecule has 1 unspecified atom stereocenters. The molecule has 0 radical (unpaired) electrons. The molecule has 1 saturated heterocycles. The molecule has 5 nitrogen and oxygen atoms in total. The molecule has 2 rings (SSSR count). The van der Waals surface area contributed by atoms with Crippen molar-refractivity contribution in [3.05, 3.63) is 29.3 Å². The molecule has 0 saturated carbocycles. The van der Waals surface area contributed by atoms with Gasteiger partial charge in [-0.2, -0.15) is 0 Å². The van der Waals surface area contributed by atoms with Gasteiger partial charge in [-0.1, -0.05) is 19.9 Å². The molecule has 5 heteroatoms. The van der Waals surface area contributed by atoms with E-state index >= 15 is 0 Å². The molecule has 0 amide bonds. The summed E-state index contributed by atoms with van der Waals surface area (Å²) in [6.07, 6.45) is 0. The Morgan fingerprint density at radius 3 is 2.00 bits per heavy atom. The van der Waals surface area contributed by atoms with Crippen LogP contribution in [-0.2, 0) is 6.54 Å². The van der Waals surface area contributed by atoms with Crippen LogP contribution in [0, 0.1) is 12.8 Å². The van der Waals surface area contributed by atoms with Gasteiger partial charge in [0, 0.05) is 64.9 Å². The van der Waals surface area contributed by atoms with Crippen LogP contribution in [0.1, 0.15) is 31.9 Å². The summed E-state index contributed by atoms with van der Waals surface area (Å²) in [6.45, 7) is 18.7. The molecule has 0 aromatic heterocycles. The standard InChI is InChI=1S/C22H40N4O/c1-18(2)15-24-8-10-25(16-20(4)23)11-13-26(12-9-24)17-21-14-22(27-5)7-6-19(21)3/h6-7,14,18,20H,8-13,15-17,23H2,1-5H3. The van der Waals surface area contributed by atoms with Crippen LogP contribution in [0.25, 0.3) is 0 Å². The molecule has 1 heterocycles. The molecule has 154 valence electrons. The Bertz CT molecular complexity index is 539. The van der Waals surface area contributed by atoms with Gasteiger partial charge in [-0.05, 0) is 43.0 Å². The quantitative estimate of drug-likeness (QED) is 0.792. The molecule has 0 bridgehead atoms. The summed E-state index contributed by atoms with van der Waals surface area (Å²) in [6, 6.07) is 6.62. The van der Waals surface area contributed by atoms with Gasteiger partial charge in [0.25, 0.3) is 0 Å². The summed E-state index contributed by atoms with van der Waals surface area (Å²) in [4.78, 5) is 7.75. The van der Waals surface area contributed by atoms with Gasteiger partial charge in [0.15, 0.2) is 0 Å². The van der Waals surface area contributed by atoms with E-state index in [1.807, 2.05) is 6.07 Å². The topological polar surface area (TPSA) is 45.0 Å². The van der Waals surface area contributed by atoms with Gasteiger partial charge in [0.1, 0.15) is 5.75 Å². The second-order valence-electron chi connectivity index (χ2n) is 8.54. The Kier molecular flexibility index (Phi) is 9.03. The Balaban J connectivity index is 2.09. The Morgan fingerprint density at radius 2 is 1.48 bits per heavy atom. The van der Waals surface area contributed by atoms with Crippen molar-refractivity contribution >= 4 is 0 Å². The molecule has 0 spiro atoms. The first-order valence-electron chi connectivity index (χ1n) is 10.4. The average molecular weight is 377 g/mol. The maximum Gasteiger partial charge on any atom is 0.119 e. The van der Waals surface area contributed by atoms with Crippen molar-refractivity contribution in [1.82, 2.24) is 14.7 Å². The van der Waals surface area contributed by atoms with Crippen LogP contribution in [0.5, 0.6) is 5.75 Å². The van der Waals surface area contributed by atoms with E-state index in [9.17, 15) is 0 Å². The van der Waals surface area contributed by atoms with E-state index in [4.69, 9.17) is 10.5 Å². The first-order valence-corrected chi connectivity index (χ1v) is 10.4. The van der Waals surface area contributed by atoms with Gasteiger partial charge in [-0.25, -0.2) is 0 Å². The zero-order valence-electron chi connectivity index (χ0n) is 18.1. The SMILES string of the molecule is COc1ccc(C)c(CN2CCN(CC(C)C)CCN(CC(C)N)CC2)c1. The summed E-state index contributed by atoms with van der Waals surface area (Å²) in [5.74, 6) is 1.64. The van der Waals surface area contributed by atoms with Crippen LogP contribution < -0.4 is 10.5 Å². The minimum Gasteiger partial charge on any atom is -0.497 e. The fourth-order valence-corrected chi connectivity index (χ4v) is 3.82. The fraction of sp³-hybridized carbons (Fsp3) is 0.727. The first-order chi connectivity index (χ1) is 12.9. The normalized spacial score (nSPS) is 19.5. The smallest absolute Gasteiger partial charge is 0.119 e. The second kappa shape index (κ2) is 11.0. The predicted octanol–water partition coefficient (Wildman–Crippen LogP) is 2.43. The highest BCUT2D eigenvalue weighted by Crippen LogP contribution is 2.19. The van der Waals surface area contributed by atoms with Crippen molar-refractivity contribution in [3.8, 4) is 5.75 Å². The summed E-state index contributed by atoms with van der Waals surface area (Å²) in [5.41, 5.74) is 8.79. The Labute approximate surface area is 166 Å². The number of hydrogen-bond donors (Lipinski definition) is 1. The van der Waals surface area contributed by atoms with Gasteiger partial charge in [-0.15, -0.1) is 0 Å². The van der Waals surface area contributed by atoms with Gasteiger partial charge < -0.3 is 15.4 Å². The van der Waals surface area contributed by atoms with E-state index in [-0.39, 0.29) is 6.04 Å². The molecular weight excluding hydrogens is 336 g/mol. The van der Waals surface area contributed by atoms with Gasteiger partial charge in [-0.3, -0.25) is 9.80 Å². The number of benzene rings is 1. The highest BCUT2D eigenvalue weighted by Gasteiger charge is 2.18. The predicted molar refractivity (Wildman–Crippen MR) is 114 cm³/mol. The lowest BCUT2D eigenvalue weighted by atomic mass is 10.1. The number of ether oxygens (including phenoxy) is 1. The number of nitrogens with zero attached hydrogens (tertiary/aromatic N) is 3. The highest BCUT2D eigenvalue weighted by molar-refractivity contribution is 5.34. The average Bonchev–Trinajstić information content (AvgIpc) is 2.69. The van der Waals surface area contributed by atoms with E-state index < -0.39 is 0 Å². The van der Waals surface area contributed by atoms with E-state index in [0.717, 1.165) is 64.7 Å². The van der Waals surface area contributed by atoms with Crippen LogP contribution in [0.4, 0.5) is 0 Å². The number of aryl methyl sites for hydroxylation is 1. The molecule has 1 aliphatic rings. The summed E-state index contributed by atoms with van der Waals surface area (Å²) >= 11 is 0. The van der Waals surface area contributed by atoms with Crippen molar-refractivity contribution in [1.29, 1.82) is 0 Å². The van der Waals surface area contributed by atoms with Crippen LogP contribution in [0.15, 0.2) is 18.2 Å². The monoisotopic (exact) mass is 376 g/mol. The van der Waals surface area contributed by atoms with E-state index in [1.165, 1.54) is 11.1 Å². The minimum atomic E-state index is 0.221. The number of rotatable bonds is 7. The molecule has 27 heavy (non-hydrogen) atoms. The van der Waals surface area contributed by atoms with Crippen LogP contribution in [0.3, 0.4) is 0 Å². The zero-order chi connectivity index (χ0) is 19.8. The van der Waals surface area contributed by atoms with Crippen molar-refractivity contribution in [2.45, 2.75) is 40.3 Å². The molecule has 1 aromatic carbocycles. The summed E-state index contributed by atoms with van der Waals surface area (Å²) in [7, 11) is 1.74. The van der Waals surface area contributed by atoms with E-state index in [0.29, 0.717) is 5.92 Å². The first kappa shape index (κ1) is 22.2. The molecule has 0 aliphatic carbocycles. The highest BCUT2D eigenvalue weighted by atomic mass is 16.5. The second-order valence-corrected chi connectivity index (χ2v) is 8.54. The molecule has 1 aromatic rings. The fourth-order valence-electron chi connectivity index (χ4n) is 3.82. The van der Waals surface area contributed by atoms with E-state index in [1.54, 1.807) is 7.11 Å². The lowest BCUT2D eigenvalue weighted by molar-refractivity contribution is 0.198. The van der Waals surface area contributed by atoms with Crippen molar-refractivity contribution in [2.75, 3.05) is 59.5 Å². The maximum absolute atomic E-state index is 6.10. The third-order valence-corrected chi connectivity index (χ3v) is 5.32. The van der Waals surface area contributed by atoms with Crippen molar-refractivity contribution < 1.29 is 4.74 Å². The lowest BCUT2D eigenvalue weighted by Gasteiger charge is -2.27. The maximum atomic E-state index is 6.10. The van der Waals surface area contributed by atoms with Crippen molar-refractivity contribution in [3.63, 3.8) is 0 Å². The lowest BCUT2D eigenvalue weighted by Crippen LogP contribution is -2.42. The van der Waals surface area contributed by atoms with Gasteiger partial charge in [0.05, 0.1) is 7.11 Å². The van der Waals surface area contributed by atoms with Crippen LogP contribution in [0.2, 0.25) is 0 Å². The summed E-state index contributed by atoms with van der Waals surface area (Å²) in [5, 5.41) is 0. The Hall–Kier alpha value is -1.14. The minimum absolute atomic E-state index is 0.221. The molecular formula is C22H40N4O. The number of nitrogens with two attached hydrogens (primary N) is 1.